The molecule has 1 N–H and O–H groups in total. The molecule has 0 bridgehead atoms. The van der Waals surface area contributed by atoms with Gasteiger partial charge in [-0.3, -0.25) is 0 Å². The minimum atomic E-state index is -1.07. The lowest BCUT2D eigenvalue weighted by Gasteiger charge is -2.26. The summed E-state index contributed by atoms with van der Waals surface area (Å²) in [5.41, 5.74) is 1.10. The molecular formula is C16H25NO3S. The van der Waals surface area contributed by atoms with E-state index in [1.807, 2.05) is 52.0 Å². The van der Waals surface area contributed by atoms with Crippen molar-refractivity contribution in [3.05, 3.63) is 29.8 Å². The molecule has 1 fully saturated rings. The highest BCUT2D eigenvalue weighted by Gasteiger charge is 2.28. The second-order valence-electron chi connectivity index (χ2n) is 6.39. The Balaban J connectivity index is 1.91. The molecule has 1 heterocycles. The van der Waals surface area contributed by atoms with Crippen LogP contribution in [0.15, 0.2) is 24.3 Å². The average molecular weight is 311 g/mol. The fourth-order valence-corrected chi connectivity index (χ4v) is 2.85. The minimum Gasteiger partial charge on any atom is -0.598 e. The van der Waals surface area contributed by atoms with E-state index in [0.29, 0.717) is 6.61 Å². The van der Waals surface area contributed by atoms with Crippen molar-refractivity contribution in [1.29, 1.82) is 0 Å². The molecule has 1 aromatic rings. The lowest BCUT2D eigenvalue weighted by molar-refractivity contribution is 0.141. The van der Waals surface area contributed by atoms with Crippen molar-refractivity contribution >= 4 is 11.4 Å². The molecule has 1 aliphatic rings. The second-order valence-corrected chi connectivity index (χ2v) is 8.39. The van der Waals surface area contributed by atoms with Crippen molar-refractivity contribution in [3.63, 3.8) is 0 Å². The van der Waals surface area contributed by atoms with Crippen molar-refractivity contribution in [2.45, 2.75) is 51.0 Å². The van der Waals surface area contributed by atoms with Gasteiger partial charge in [0, 0.05) is 17.8 Å². The summed E-state index contributed by atoms with van der Waals surface area (Å²) in [4.78, 5) is 0. The maximum atomic E-state index is 12.1. The Kier molecular flexibility index (Phi) is 5.54. The maximum Gasteiger partial charge on any atom is 0.136 e. The van der Waals surface area contributed by atoms with Gasteiger partial charge in [-0.1, -0.05) is 12.1 Å². The fraction of sp³-hybridized carbons (Fsp3) is 0.625. The number of nitrogens with one attached hydrogen (secondary N) is 1. The van der Waals surface area contributed by atoms with Crippen molar-refractivity contribution < 1.29 is 14.0 Å². The van der Waals surface area contributed by atoms with Gasteiger partial charge in [0.1, 0.15) is 16.6 Å². The maximum absolute atomic E-state index is 12.1. The van der Waals surface area contributed by atoms with Crippen LogP contribution in [0, 0.1) is 0 Å². The smallest absolute Gasteiger partial charge is 0.136 e. The van der Waals surface area contributed by atoms with Crippen LogP contribution in [0.2, 0.25) is 0 Å². The molecule has 1 aromatic carbocycles. The minimum absolute atomic E-state index is 0.0360. The van der Waals surface area contributed by atoms with E-state index < -0.39 is 11.4 Å². The molecule has 0 aromatic heterocycles. The normalized spacial score (nSPS) is 22.0. The summed E-state index contributed by atoms with van der Waals surface area (Å²) in [5.74, 6) is 0.860. The molecule has 21 heavy (non-hydrogen) atoms. The first kappa shape index (κ1) is 16.6. The molecule has 118 valence electrons. The lowest BCUT2D eigenvalue weighted by atomic mass is 10.1. The van der Waals surface area contributed by atoms with Crippen LogP contribution in [0.5, 0.6) is 5.75 Å². The topological polar surface area (TPSA) is 53.5 Å². The van der Waals surface area contributed by atoms with Gasteiger partial charge in [-0.05, 0) is 45.4 Å². The largest absolute Gasteiger partial charge is 0.598 e. The third-order valence-electron chi connectivity index (χ3n) is 3.41. The van der Waals surface area contributed by atoms with Gasteiger partial charge in [0.2, 0.25) is 0 Å². The second kappa shape index (κ2) is 7.01. The van der Waals surface area contributed by atoms with Crippen molar-refractivity contribution in [2.24, 2.45) is 0 Å². The van der Waals surface area contributed by atoms with Gasteiger partial charge in [-0.25, -0.2) is 0 Å². The zero-order valence-electron chi connectivity index (χ0n) is 13.2. The summed E-state index contributed by atoms with van der Waals surface area (Å²) in [5, 5.41) is 0. The first-order valence-corrected chi connectivity index (χ1v) is 8.53. The van der Waals surface area contributed by atoms with E-state index in [-0.39, 0.29) is 16.9 Å². The van der Waals surface area contributed by atoms with E-state index in [4.69, 9.17) is 9.47 Å². The van der Waals surface area contributed by atoms with Gasteiger partial charge < -0.3 is 14.0 Å². The number of benzene rings is 1. The van der Waals surface area contributed by atoms with E-state index in [1.165, 1.54) is 0 Å². The van der Waals surface area contributed by atoms with Crippen LogP contribution >= 0.6 is 0 Å². The molecule has 0 radical (unpaired) electrons. The van der Waals surface area contributed by atoms with Gasteiger partial charge in [0.15, 0.2) is 0 Å². The Morgan fingerprint density at radius 1 is 1.33 bits per heavy atom. The SMILES string of the molecule is C[C@H](N[S@+]([O-])C(C)(C)C)c1ccc(O[C@H]2CCOC2)cc1. The van der Waals surface area contributed by atoms with E-state index in [2.05, 4.69) is 4.72 Å². The summed E-state index contributed by atoms with van der Waals surface area (Å²) in [7, 11) is 0. The molecule has 1 saturated heterocycles. The molecule has 5 heteroatoms. The van der Waals surface area contributed by atoms with Gasteiger partial charge in [0.05, 0.1) is 19.3 Å². The highest BCUT2D eigenvalue weighted by molar-refractivity contribution is 7.90. The first-order chi connectivity index (χ1) is 9.86. The monoisotopic (exact) mass is 311 g/mol. The zero-order chi connectivity index (χ0) is 15.5. The van der Waals surface area contributed by atoms with Crippen LogP contribution in [0.3, 0.4) is 0 Å². The van der Waals surface area contributed by atoms with Gasteiger partial charge in [-0.15, -0.1) is 4.72 Å². The predicted molar refractivity (Wildman–Crippen MR) is 85.7 cm³/mol. The molecule has 3 atom stereocenters. The predicted octanol–water partition coefficient (Wildman–Crippen LogP) is 2.97. The highest BCUT2D eigenvalue weighted by atomic mass is 32.2. The summed E-state index contributed by atoms with van der Waals surface area (Å²) < 4.78 is 26.1. The van der Waals surface area contributed by atoms with Crippen LogP contribution < -0.4 is 9.46 Å². The molecule has 0 saturated carbocycles. The summed E-state index contributed by atoms with van der Waals surface area (Å²) in [6, 6.07) is 8.00. The van der Waals surface area contributed by atoms with Gasteiger partial charge in [-0.2, -0.15) is 0 Å². The molecule has 0 aliphatic carbocycles. The van der Waals surface area contributed by atoms with Crippen LogP contribution in [-0.2, 0) is 16.1 Å². The van der Waals surface area contributed by atoms with Crippen molar-refractivity contribution in [2.75, 3.05) is 13.2 Å². The van der Waals surface area contributed by atoms with Crippen LogP contribution in [-0.4, -0.2) is 28.6 Å². The Hall–Kier alpha value is -0.750. The third-order valence-corrected chi connectivity index (χ3v) is 5.09. The Morgan fingerprint density at radius 3 is 2.52 bits per heavy atom. The van der Waals surface area contributed by atoms with E-state index in [9.17, 15) is 4.55 Å². The number of hydrogen-bond acceptors (Lipinski definition) is 4. The van der Waals surface area contributed by atoms with Gasteiger partial charge >= 0.3 is 0 Å². The van der Waals surface area contributed by atoms with Crippen molar-refractivity contribution in [3.8, 4) is 5.75 Å². The van der Waals surface area contributed by atoms with Crippen molar-refractivity contribution in [1.82, 2.24) is 4.72 Å². The van der Waals surface area contributed by atoms with E-state index >= 15 is 0 Å². The average Bonchev–Trinajstić information content (AvgIpc) is 2.91. The Labute approximate surface area is 130 Å². The quantitative estimate of drug-likeness (QED) is 0.849. The van der Waals surface area contributed by atoms with Gasteiger partial charge in [0.25, 0.3) is 0 Å². The summed E-state index contributed by atoms with van der Waals surface area (Å²) >= 11 is -1.07. The molecule has 0 spiro atoms. The highest BCUT2D eigenvalue weighted by Crippen LogP contribution is 2.23. The standard InChI is InChI=1S/C16H25NO3S/c1-12(17-21(18)16(2,3)4)13-5-7-14(8-6-13)20-15-9-10-19-11-15/h5-8,12,15,17H,9-11H2,1-4H3/t12-,15-,21+/m0/s1. The molecule has 0 unspecified atom stereocenters. The van der Waals surface area contributed by atoms with Crippen LogP contribution in [0.1, 0.15) is 45.7 Å². The summed E-state index contributed by atoms with van der Waals surface area (Å²) in [6.07, 6.45) is 1.12. The number of ether oxygens (including phenoxy) is 2. The van der Waals surface area contributed by atoms with E-state index in [1.54, 1.807) is 0 Å². The van der Waals surface area contributed by atoms with Crippen LogP contribution in [0.25, 0.3) is 0 Å². The molecular weight excluding hydrogens is 286 g/mol. The molecule has 1 aliphatic heterocycles. The van der Waals surface area contributed by atoms with E-state index in [0.717, 1.165) is 24.3 Å². The zero-order valence-corrected chi connectivity index (χ0v) is 14.0. The lowest BCUT2D eigenvalue weighted by Crippen LogP contribution is -2.40. The molecule has 0 amide bonds. The number of hydrogen-bond donors (Lipinski definition) is 1. The third kappa shape index (κ3) is 4.88. The molecule has 2 rings (SSSR count). The molecule has 4 nitrogen and oxygen atoms in total. The Morgan fingerprint density at radius 2 is 2.00 bits per heavy atom. The number of rotatable bonds is 5. The first-order valence-electron chi connectivity index (χ1n) is 7.38. The summed E-state index contributed by atoms with van der Waals surface area (Å²) in [6.45, 7) is 9.35. The van der Waals surface area contributed by atoms with Crippen LogP contribution in [0.4, 0.5) is 0 Å². The fourth-order valence-electron chi connectivity index (χ4n) is 2.04. The Bertz CT molecular complexity index is 438.